The number of fused-ring (bicyclic) bond motifs is 1. The van der Waals surface area contributed by atoms with Gasteiger partial charge in [0.2, 0.25) is 6.41 Å². The number of hydrazine groups is 1. The van der Waals surface area contributed by atoms with E-state index in [-0.39, 0.29) is 5.91 Å². The van der Waals surface area contributed by atoms with Crippen LogP contribution in [0.5, 0.6) is 0 Å². The molecule has 0 saturated heterocycles. The molecule has 0 aromatic heterocycles. The summed E-state index contributed by atoms with van der Waals surface area (Å²) in [6.07, 6.45) is 0.823. The van der Waals surface area contributed by atoms with E-state index in [0.29, 0.717) is 25.3 Å². The van der Waals surface area contributed by atoms with Crippen molar-refractivity contribution in [3.63, 3.8) is 0 Å². The second-order valence-corrected chi connectivity index (χ2v) is 4.43. The second-order valence-electron chi connectivity index (χ2n) is 4.43. The topological polar surface area (TPSA) is 70.7 Å². The standard InChI is InChI=1S/C13H17N3O3/c1-14-15-13(18)12-4-10-6-16(8-17)5-9(10)3-11(12)7-19-2/h3-4,8,14H,5-7H2,1-2H3,(H,15,18). The molecule has 0 radical (unpaired) electrons. The Bertz CT molecular complexity index is 502. The first-order valence-electron chi connectivity index (χ1n) is 5.99. The van der Waals surface area contributed by atoms with E-state index >= 15 is 0 Å². The van der Waals surface area contributed by atoms with Crippen molar-refractivity contribution in [3.8, 4) is 0 Å². The van der Waals surface area contributed by atoms with Crippen LogP contribution in [0.1, 0.15) is 27.0 Å². The Morgan fingerprint density at radius 3 is 2.68 bits per heavy atom. The van der Waals surface area contributed by atoms with Crippen LogP contribution in [0, 0.1) is 0 Å². The zero-order chi connectivity index (χ0) is 13.8. The monoisotopic (exact) mass is 263 g/mol. The van der Waals surface area contributed by atoms with Crippen LogP contribution in [0.3, 0.4) is 0 Å². The molecule has 0 spiro atoms. The number of ether oxygens (including phenoxy) is 1. The molecule has 0 unspecified atom stereocenters. The quantitative estimate of drug-likeness (QED) is 0.587. The van der Waals surface area contributed by atoms with Crippen LogP contribution in [0.4, 0.5) is 0 Å². The van der Waals surface area contributed by atoms with Crippen molar-refractivity contribution in [2.75, 3.05) is 14.2 Å². The SMILES string of the molecule is CNNC(=O)c1cc2c(cc1COC)CN(C=O)C2. The molecular weight excluding hydrogens is 246 g/mol. The smallest absolute Gasteiger partial charge is 0.265 e. The Kier molecular flexibility index (Phi) is 4.13. The summed E-state index contributed by atoms with van der Waals surface area (Å²) in [4.78, 5) is 24.5. The summed E-state index contributed by atoms with van der Waals surface area (Å²) in [6.45, 7) is 1.50. The summed E-state index contributed by atoms with van der Waals surface area (Å²) in [5.74, 6) is -0.207. The third-order valence-electron chi connectivity index (χ3n) is 3.10. The normalized spacial score (nSPS) is 13.3. The number of methoxy groups -OCH3 is 1. The number of nitrogens with zero attached hydrogens (tertiary/aromatic N) is 1. The molecule has 0 saturated carbocycles. The first-order chi connectivity index (χ1) is 9.19. The van der Waals surface area contributed by atoms with Gasteiger partial charge in [0.05, 0.1) is 6.61 Å². The van der Waals surface area contributed by atoms with Crippen LogP contribution >= 0.6 is 0 Å². The van der Waals surface area contributed by atoms with Gasteiger partial charge in [-0.05, 0) is 22.8 Å². The van der Waals surface area contributed by atoms with Crippen LogP contribution in [0.2, 0.25) is 0 Å². The molecule has 6 nitrogen and oxygen atoms in total. The number of rotatable bonds is 5. The number of hydrogen-bond donors (Lipinski definition) is 2. The van der Waals surface area contributed by atoms with Gasteiger partial charge in [-0.1, -0.05) is 6.07 Å². The second kappa shape index (κ2) is 5.81. The average molecular weight is 263 g/mol. The molecule has 0 bridgehead atoms. The van der Waals surface area contributed by atoms with Gasteiger partial charge in [-0.15, -0.1) is 0 Å². The lowest BCUT2D eigenvalue weighted by Gasteiger charge is -2.11. The third kappa shape index (κ3) is 2.74. The lowest BCUT2D eigenvalue weighted by atomic mass is 10.00. The summed E-state index contributed by atoms with van der Waals surface area (Å²) in [5.41, 5.74) is 8.64. The van der Waals surface area contributed by atoms with E-state index in [4.69, 9.17) is 4.74 Å². The van der Waals surface area contributed by atoms with Gasteiger partial charge in [-0.3, -0.25) is 15.0 Å². The first-order valence-corrected chi connectivity index (χ1v) is 5.99. The van der Waals surface area contributed by atoms with E-state index in [1.165, 1.54) is 0 Å². The number of carbonyl (C=O) groups excluding carboxylic acids is 2. The molecule has 1 aliphatic rings. The summed E-state index contributed by atoms with van der Waals surface area (Å²) >= 11 is 0. The maximum Gasteiger partial charge on any atom is 0.265 e. The van der Waals surface area contributed by atoms with Gasteiger partial charge in [0.1, 0.15) is 0 Å². The zero-order valence-electron chi connectivity index (χ0n) is 11.0. The lowest BCUT2D eigenvalue weighted by molar-refractivity contribution is -0.118. The summed E-state index contributed by atoms with van der Waals surface area (Å²) in [6, 6.07) is 3.77. The fourth-order valence-electron chi connectivity index (χ4n) is 2.27. The molecule has 0 aliphatic carbocycles. The van der Waals surface area contributed by atoms with E-state index < -0.39 is 0 Å². The number of amides is 2. The van der Waals surface area contributed by atoms with E-state index in [2.05, 4.69) is 10.9 Å². The summed E-state index contributed by atoms with van der Waals surface area (Å²) < 4.78 is 5.13. The molecule has 1 heterocycles. The fraction of sp³-hybridized carbons (Fsp3) is 0.385. The zero-order valence-corrected chi connectivity index (χ0v) is 11.0. The van der Waals surface area contributed by atoms with E-state index in [0.717, 1.165) is 23.1 Å². The predicted molar refractivity (Wildman–Crippen MR) is 69.0 cm³/mol. The Morgan fingerprint density at radius 1 is 1.42 bits per heavy atom. The third-order valence-corrected chi connectivity index (χ3v) is 3.10. The highest BCUT2D eigenvalue weighted by Crippen LogP contribution is 2.26. The van der Waals surface area contributed by atoms with Gasteiger partial charge in [0.15, 0.2) is 0 Å². The minimum atomic E-state index is -0.207. The summed E-state index contributed by atoms with van der Waals surface area (Å²) in [5, 5.41) is 0. The van der Waals surface area contributed by atoms with Crippen molar-refractivity contribution in [2.45, 2.75) is 19.7 Å². The number of hydrogen-bond acceptors (Lipinski definition) is 4. The Balaban J connectivity index is 2.37. The predicted octanol–water partition coefficient (Wildman–Crippen LogP) is 0.169. The molecule has 2 N–H and O–H groups in total. The van der Waals surface area contributed by atoms with Crippen molar-refractivity contribution in [3.05, 3.63) is 34.4 Å². The fourth-order valence-corrected chi connectivity index (χ4v) is 2.27. The van der Waals surface area contributed by atoms with Crippen LogP contribution in [0.15, 0.2) is 12.1 Å². The average Bonchev–Trinajstić information content (AvgIpc) is 2.80. The highest BCUT2D eigenvalue weighted by molar-refractivity contribution is 5.95. The highest BCUT2D eigenvalue weighted by atomic mass is 16.5. The number of benzene rings is 1. The minimum Gasteiger partial charge on any atom is -0.380 e. The Labute approximate surface area is 111 Å². The van der Waals surface area contributed by atoms with Crippen molar-refractivity contribution in [1.82, 2.24) is 15.8 Å². The van der Waals surface area contributed by atoms with Crippen molar-refractivity contribution in [2.24, 2.45) is 0 Å². The molecule has 0 atom stereocenters. The van der Waals surface area contributed by atoms with Crippen molar-refractivity contribution >= 4 is 12.3 Å². The van der Waals surface area contributed by atoms with Crippen LogP contribution in [0.25, 0.3) is 0 Å². The van der Waals surface area contributed by atoms with Gasteiger partial charge in [-0.25, -0.2) is 5.43 Å². The lowest BCUT2D eigenvalue weighted by Crippen LogP contribution is -2.34. The molecule has 1 aromatic carbocycles. The maximum atomic E-state index is 12.0. The van der Waals surface area contributed by atoms with Crippen LogP contribution < -0.4 is 10.9 Å². The largest absolute Gasteiger partial charge is 0.380 e. The number of nitrogens with one attached hydrogen (secondary N) is 2. The molecule has 0 fully saturated rings. The molecule has 2 amide bonds. The van der Waals surface area contributed by atoms with Crippen molar-refractivity contribution < 1.29 is 14.3 Å². The molecule has 19 heavy (non-hydrogen) atoms. The molecular formula is C13H17N3O3. The van der Waals surface area contributed by atoms with Gasteiger partial charge in [-0.2, -0.15) is 0 Å². The van der Waals surface area contributed by atoms with E-state index in [9.17, 15) is 9.59 Å². The van der Waals surface area contributed by atoms with E-state index in [1.54, 1.807) is 19.1 Å². The van der Waals surface area contributed by atoms with Gasteiger partial charge in [0.25, 0.3) is 5.91 Å². The van der Waals surface area contributed by atoms with Gasteiger partial charge < -0.3 is 9.64 Å². The Hall–Kier alpha value is -1.92. The highest BCUT2D eigenvalue weighted by Gasteiger charge is 2.22. The molecule has 6 heteroatoms. The van der Waals surface area contributed by atoms with Crippen molar-refractivity contribution in [1.29, 1.82) is 0 Å². The molecule has 1 aliphatic heterocycles. The molecule has 1 aromatic rings. The van der Waals surface area contributed by atoms with Crippen LogP contribution in [-0.2, 0) is 29.2 Å². The summed E-state index contributed by atoms with van der Waals surface area (Å²) in [7, 11) is 3.22. The minimum absolute atomic E-state index is 0.207. The van der Waals surface area contributed by atoms with E-state index in [1.807, 2.05) is 12.1 Å². The Morgan fingerprint density at radius 2 is 2.11 bits per heavy atom. The van der Waals surface area contributed by atoms with Crippen LogP contribution in [-0.4, -0.2) is 31.4 Å². The maximum absolute atomic E-state index is 12.0. The first kappa shape index (κ1) is 13.5. The molecule has 2 rings (SSSR count). The van der Waals surface area contributed by atoms with Gasteiger partial charge in [0, 0.05) is 32.8 Å². The molecule has 102 valence electrons. The number of carbonyl (C=O) groups is 2. The van der Waals surface area contributed by atoms with Gasteiger partial charge >= 0.3 is 0 Å².